The number of hydrogen-bond acceptors (Lipinski definition) is 7. The molecule has 11 heteroatoms. The second-order valence-corrected chi connectivity index (χ2v) is 7.07. The van der Waals surface area contributed by atoms with Gasteiger partial charge in [-0.25, -0.2) is 4.90 Å². The number of carbonyl (C=O) groups is 2. The third-order valence-corrected chi connectivity index (χ3v) is 5.18. The van der Waals surface area contributed by atoms with Crippen molar-refractivity contribution in [3.63, 3.8) is 0 Å². The van der Waals surface area contributed by atoms with Gasteiger partial charge in [0, 0.05) is 22.7 Å². The van der Waals surface area contributed by atoms with Crippen molar-refractivity contribution in [2.24, 2.45) is 11.1 Å². The molecule has 9 nitrogen and oxygen atoms in total. The number of carbonyl (C=O) groups excluding carboxylic acids is 2. The number of anilines is 1. The first-order chi connectivity index (χ1) is 13.8. The van der Waals surface area contributed by atoms with Crippen LogP contribution in [0.25, 0.3) is 0 Å². The van der Waals surface area contributed by atoms with Gasteiger partial charge in [0.05, 0.1) is 17.1 Å². The minimum absolute atomic E-state index is 0.0451. The summed E-state index contributed by atoms with van der Waals surface area (Å²) in [5.74, 6) is -2.28. The Morgan fingerprint density at radius 2 is 1.93 bits per heavy atom. The summed E-state index contributed by atoms with van der Waals surface area (Å²) in [4.78, 5) is 42.6. The molecular weight excluding hydrogens is 425 g/mol. The van der Waals surface area contributed by atoms with Gasteiger partial charge in [-0.15, -0.1) is 0 Å². The molecule has 2 aromatic carbocycles. The summed E-state index contributed by atoms with van der Waals surface area (Å²) >= 11 is 12.1. The number of nitrogens with zero attached hydrogens (tertiary/aromatic N) is 3. The molecule has 0 aromatic heterocycles. The van der Waals surface area contributed by atoms with E-state index < -0.39 is 28.8 Å². The van der Waals surface area contributed by atoms with Crippen molar-refractivity contribution in [3.05, 3.63) is 62.1 Å². The van der Waals surface area contributed by atoms with Crippen molar-refractivity contribution in [3.8, 4) is 5.75 Å². The zero-order valence-corrected chi connectivity index (χ0v) is 16.2. The van der Waals surface area contributed by atoms with E-state index in [1.807, 2.05) is 0 Å². The second kappa shape index (κ2) is 7.02. The van der Waals surface area contributed by atoms with Gasteiger partial charge >= 0.3 is 0 Å². The number of oxime groups is 1. The summed E-state index contributed by atoms with van der Waals surface area (Å²) in [7, 11) is 1.33. The van der Waals surface area contributed by atoms with Gasteiger partial charge in [0.1, 0.15) is 23.1 Å². The number of benzene rings is 2. The zero-order chi connectivity index (χ0) is 20.9. The van der Waals surface area contributed by atoms with Crippen LogP contribution in [0, 0.1) is 16.0 Å². The lowest BCUT2D eigenvalue weighted by Crippen LogP contribution is -2.33. The van der Waals surface area contributed by atoms with Crippen LogP contribution >= 0.6 is 23.2 Å². The number of ether oxygens (including phenoxy) is 1. The van der Waals surface area contributed by atoms with Crippen molar-refractivity contribution in [2.45, 2.75) is 6.10 Å². The van der Waals surface area contributed by atoms with Crippen LogP contribution in [-0.4, -0.2) is 35.7 Å². The lowest BCUT2D eigenvalue weighted by Gasteiger charge is -2.18. The third-order valence-electron chi connectivity index (χ3n) is 4.63. The first-order valence-corrected chi connectivity index (χ1v) is 8.98. The second-order valence-electron chi connectivity index (χ2n) is 6.23. The molecule has 0 unspecified atom stereocenters. The number of rotatable bonds is 4. The highest BCUT2D eigenvalue weighted by atomic mass is 35.5. The maximum absolute atomic E-state index is 13.2. The van der Waals surface area contributed by atoms with E-state index in [0.29, 0.717) is 10.6 Å². The smallest absolute Gasteiger partial charge is 0.279 e. The van der Waals surface area contributed by atoms with Crippen molar-refractivity contribution in [1.29, 1.82) is 0 Å². The molecule has 0 bridgehead atoms. The van der Waals surface area contributed by atoms with Crippen LogP contribution in [0.4, 0.5) is 11.4 Å². The highest BCUT2D eigenvalue weighted by molar-refractivity contribution is 6.39. The molecule has 1 saturated heterocycles. The number of fused-ring (bicyclic) bond motifs is 1. The van der Waals surface area contributed by atoms with Crippen LogP contribution in [0.1, 0.15) is 5.56 Å². The van der Waals surface area contributed by atoms with Gasteiger partial charge in [0.2, 0.25) is 12.0 Å². The quantitative estimate of drug-likeness (QED) is 0.414. The molecule has 148 valence electrons. The summed E-state index contributed by atoms with van der Waals surface area (Å²) in [6.45, 7) is 0. The molecule has 0 N–H and O–H groups in total. The van der Waals surface area contributed by atoms with Gasteiger partial charge in [-0.1, -0.05) is 34.4 Å². The molecule has 4 rings (SSSR count). The number of nitro benzene ring substituents is 1. The molecule has 2 aliphatic rings. The average molecular weight is 436 g/mol. The fourth-order valence-electron chi connectivity index (χ4n) is 3.30. The highest BCUT2D eigenvalue weighted by Crippen LogP contribution is 2.41. The predicted octanol–water partition coefficient (Wildman–Crippen LogP) is 3.20. The topological polar surface area (TPSA) is 111 Å². The van der Waals surface area contributed by atoms with Crippen LogP contribution in [0.3, 0.4) is 0 Å². The van der Waals surface area contributed by atoms with E-state index in [2.05, 4.69) is 5.16 Å². The first-order valence-electron chi connectivity index (χ1n) is 8.23. The Morgan fingerprint density at radius 1 is 1.17 bits per heavy atom. The van der Waals surface area contributed by atoms with Crippen LogP contribution < -0.4 is 9.64 Å². The van der Waals surface area contributed by atoms with Gasteiger partial charge in [-0.2, -0.15) is 0 Å². The third kappa shape index (κ3) is 2.99. The molecule has 1 fully saturated rings. The molecule has 0 radical (unpaired) electrons. The van der Waals surface area contributed by atoms with E-state index in [9.17, 15) is 19.7 Å². The maximum Gasteiger partial charge on any atom is 0.279 e. The summed E-state index contributed by atoms with van der Waals surface area (Å²) in [6, 6.07) is 8.25. The highest BCUT2D eigenvalue weighted by Gasteiger charge is 2.57. The van der Waals surface area contributed by atoms with Crippen LogP contribution in [-0.2, 0) is 14.4 Å². The van der Waals surface area contributed by atoms with Crippen LogP contribution in [0.2, 0.25) is 10.0 Å². The Morgan fingerprint density at radius 3 is 2.59 bits per heavy atom. The lowest BCUT2D eigenvalue weighted by molar-refractivity contribution is -0.384. The van der Waals surface area contributed by atoms with Crippen molar-refractivity contribution >= 4 is 52.1 Å². The minimum atomic E-state index is -1.20. The number of nitro groups is 1. The number of halogens is 2. The van der Waals surface area contributed by atoms with Crippen molar-refractivity contribution < 1.29 is 24.1 Å². The molecule has 2 amide bonds. The Bertz CT molecular complexity index is 1100. The monoisotopic (exact) mass is 435 g/mol. The van der Waals surface area contributed by atoms with E-state index in [-0.39, 0.29) is 27.9 Å². The molecule has 0 saturated carbocycles. The fraction of sp³-hybridized carbons (Fsp3) is 0.167. The molecular formula is C18H11Cl2N3O6. The van der Waals surface area contributed by atoms with Gasteiger partial charge in [0.25, 0.3) is 11.6 Å². The van der Waals surface area contributed by atoms with Gasteiger partial charge in [0.15, 0.2) is 0 Å². The molecule has 0 spiro atoms. The molecule has 0 aliphatic carbocycles. The first kappa shape index (κ1) is 19.2. The normalized spacial score (nSPS) is 20.4. The summed E-state index contributed by atoms with van der Waals surface area (Å²) in [5.41, 5.74) is 0.241. The number of methoxy groups -OCH3 is 1. The zero-order valence-electron chi connectivity index (χ0n) is 14.7. The van der Waals surface area contributed by atoms with Crippen molar-refractivity contribution in [2.75, 3.05) is 12.0 Å². The number of imide groups is 1. The average Bonchev–Trinajstić information content (AvgIpc) is 3.21. The van der Waals surface area contributed by atoms with Crippen LogP contribution in [0.15, 0.2) is 41.6 Å². The molecule has 2 atom stereocenters. The fourth-order valence-corrected chi connectivity index (χ4v) is 3.81. The largest absolute Gasteiger partial charge is 0.495 e. The SMILES string of the molecule is COc1ccc([N+](=O)[O-])cc1N1C(=O)[C@H]2C(c3ccc(Cl)cc3Cl)=NO[C@@H]2C1=O. The summed E-state index contributed by atoms with van der Waals surface area (Å²) < 4.78 is 5.18. The van der Waals surface area contributed by atoms with E-state index >= 15 is 0 Å². The Balaban J connectivity index is 1.77. The van der Waals surface area contributed by atoms with Gasteiger partial charge in [-0.05, 0) is 18.2 Å². The van der Waals surface area contributed by atoms with E-state index in [4.69, 9.17) is 32.8 Å². The molecule has 2 aliphatic heterocycles. The maximum atomic E-state index is 13.2. The van der Waals surface area contributed by atoms with Crippen LogP contribution in [0.5, 0.6) is 5.75 Å². The number of amides is 2. The summed E-state index contributed by atoms with van der Waals surface area (Å²) in [5, 5.41) is 15.7. The standard InChI is InChI=1S/C18H11Cl2N3O6/c1-28-13-5-3-9(23(26)27)7-12(13)22-17(24)14-15(21-29-16(14)18(22)25)10-4-2-8(19)6-11(10)20/h2-7,14,16H,1H3/t14-,16-/m0/s1. The van der Waals surface area contributed by atoms with E-state index in [0.717, 1.165) is 11.0 Å². The Hall–Kier alpha value is -3.17. The Kier molecular flexibility index (Phi) is 4.64. The minimum Gasteiger partial charge on any atom is -0.495 e. The molecule has 29 heavy (non-hydrogen) atoms. The Labute approximate surface area is 173 Å². The van der Waals surface area contributed by atoms with E-state index in [1.54, 1.807) is 12.1 Å². The number of hydrogen-bond donors (Lipinski definition) is 0. The number of non-ortho nitro benzene ring substituents is 1. The van der Waals surface area contributed by atoms with Crippen molar-refractivity contribution in [1.82, 2.24) is 0 Å². The predicted molar refractivity (Wildman–Crippen MR) is 104 cm³/mol. The van der Waals surface area contributed by atoms with E-state index in [1.165, 1.54) is 25.3 Å². The van der Waals surface area contributed by atoms with Gasteiger partial charge in [-0.3, -0.25) is 19.7 Å². The molecule has 2 aromatic rings. The van der Waals surface area contributed by atoms with Gasteiger partial charge < -0.3 is 9.57 Å². The summed E-state index contributed by atoms with van der Waals surface area (Å²) in [6.07, 6.45) is -1.20. The molecule has 2 heterocycles. The lowest BCUT2D eigenvalue weighted by atomic mass is 9.94.